The fourth-order valence-electron chi connectivity index (χ4n) is 2.41. The van der Waals surface area contributed by atoms with Crippen molar-refractivity contribution in [3.63, 3.8) is 0 Å². The lowest BCUT2D eigenvalue weighted by Gasteiger charge is -2.21. The lowest BCUT2D eigenvalue weighted by Crippen LogP contribution is -2.37. The van der Waals surface area contributed by atoms with Crippen molar-refractivity contribution in [2.75, 3.05) is 10.6 Å². The van der Waals surface area contributed by atoms with E-state index in [1.807, 2.05) is 12.1 Å². The Morgan fingerprint density at radius 1 is 0.667 bits per heavy atom. The lowest BCUT2D eigenvalue weighted by atomic mass is 10.1. The highest BCUT2D eigenvalue weighted by atomic mass is 16.2. The Morgan fingerprint density at radius 3 is 1.62 bits per heavy atom. The summed E-state index contributed by atoms with van der Waals surface area (Å²) in [5.41, 5.74) is 7.62. The molecule has 0 saturated heterocycles. The van der Waals surface area contributed by atoms with E-state index in [-0.39, 0.29) is 0 Å². The first-order valence-corrected chi connectivity index (χ1v) is 7.51. The molecule has 0 aromatic heterocycles. The summed E-state index contributed by atoms with van der Waals surface area (Å²) in [5, 5.41) is 0. The van der Waals surface area contributed by atoms with E-state index in [1.165, 1.54) is 0 Å². The summed E-state index contributed by atoms with van der Waals surface area (Å²) in [4.78, 5) is 27.0. The van der Waals surface area contributed by atoms with Gasteiger partial charge in [0.2, 0.25) is 0 Å². The molecule has 3 aromatic rings. The summed E-state index contributed by atoms with van der Waals surface area (Å²) in [7, 11) is 0. The van der Waals surface area contributed by atoms with E-state index in [4.69, 9.17) is 5.73 Å². The summed E-state index contributed by atoms with van der Waals surface area (Å²) in [6.07, 6.45) is 0. The van der Waals surface area contributed by atoms with Crippen LogP contribution in [0.1, 0.15) is 20.7 Å². The predicted octanol–water partition coefficient (Wildman–Crippen LogP) is 3.76. The van der Waals surface area contributed by atoms with Gasteiger partial charge < -0.3 is 5.73 Å². The number of carbonyl (C=O) groups is 2. The Morgan fingerprint density at radius 2 is 1.17 bits per heavy atom. The van der Waals surface area contributed by atoms with E-state index >= 15 is 0 Å². The highest BCUT2D eigenvalue weighted by Crippen LogP contribution is 2.22. The monoisotopic (exact) mass is 316 g/mol. The second-order valence-corrected chi connectivity index (χ2v) is 5.27. The van der Waals surface area contributed by atoms with E-state index < -0.39 is 11.8 Å². The second kappa shape index (κ2) is 6.79. The van der Waals surface area contributed by atoms with Crippen molar-refractivity contribution in [2.24, 2.45) is 0 Å². The molecule has 0 unspecified atom stereocenters. The van der Waals surface area contributed by atoms with Crippen LogP contribution in [0, 0.1) is 0 Å². The third kappa shape index (κ3) is 3.17. The molecule has 4 nitrogen and oxygen atoms in total. The smallest absolute Gasteiger partial charge is 0.265 e. The molecule has 0 atom stereocenters. The van der Waals surface area contributed by atoms with Crippen molar-refractivity contribution in [2.45, 2.75) is 0 Å². The molecule has 0 radical (unpaired) electrons. The van der Waals surface area contributed by atoms with Crippen LogP contribution >= 0.6 is 0 Å². The highest BCUT2D eigenvalue weighted by molar-refractivity contribution is 6.25. The third-order valence-corrected chi connectivity index (χ3v) is 3.58. The molecule has 4 heteroatoms. The number of hydrogen-bond acceptors (Lipinski definition) is 3. The predicted molar refractivity (Wildman–Crippen MR) is 94.9 cm³/mol. The van der Waals surface area contributed by atoms with Gasteiger partial charge in [-0.15, -0.1) is 0 Å². The van der Waals surface area contributed by atoms with E-state index in [9.17, 15) is 9.59 Å². The number of carbonyl (C=O) groups excluding carboxylic acids is 2. The summed E-state index contributed by atoms with van der Waals surface area (Å²) in [6, 6.07) is 24.1. The van der Waals surface area contributed by atoms with Gasteiger partial charge in [0.05, 0.1) is 5.69 Å². The number of amides is 2. The zero-order valence-corrected chi connectivity index (χ0v) is 12.9. The number of rotatable bonds is 3. The molecule has 0 saturated carbocycles. The summed E-state index contributed by atoms with van der Waals surface area (Å²) in [5.74, 6) is -0.787. The normalized spacial score (nSPS) is 10.2. The van der Waals surface area contributed by atoms with Gasteiger partial charge in [0.25, 0.3) is 11.8 Å². The Balaban J connectivity index is 2.08. The molecule has 0 aliphatic carbocycles. The van der Waals surface area contributed by atoms with Gasteiger partial charge in [-0.3, -0.25) is 9.59 Å². The summed E-state index contributed by atoms with van der Waals surface area (Å²) in [6.45, 7) is 0. The van der Waals surface area contributed by atoms with Gasteiger partial charge in [-0.2, -0.15) is 0 Å². The van der Waals surface area contributed by atoms with Gasteiger partial charge >= 0.3 is 0 Å². The molecular formula is C20H16N2O2. The summed E-state index contributed by atoms with van der Waals surface area (Å²) < 4.78 is 0. The summed E-state index contributed by atoms with van der Waals surface area (Å²) >= 11 is 0. The van der Waals surface area contributed by atoms with Gasteiger partial charge in [0.15, 0.2) is 0 Å². The van der Waals surface area contributed by atoms with Crippen molar-refractivity contribution in [3.05, 3.63) is 96.1 Å². The fourth-order valence-corrected chi connectivity index (χ4v) is 2.41. The Kier molecular flexibility index (Phi) is 4.38. The molecule has 2 amide bonds. The van der Waals surface area contributed by atoms with Crippen molar-refractivity contribution in [3.8, 4) is 0 Å². The van der Waals surface area contributed by atoms with Gasteiger partial charge in [0.1, 0.15) is 0 Å². The van der Waals surface area contributed by atoms with E-state index in [2.05, 4.69) is 0 Å². The molecular weight excluding hydrogens is 300 g/mol. The van der Waals surface area contributed by atoms with Crippen LogP contribution in [0.4, 0.5) is 11.4 Å². The van der Waals surface area contributed by atoms with Crippen molar-refractivity contribution in [1.82, 2.24) is 0 Å². The van der Waals surface area contributed by atoms with Crippen molar-refractivity contribution >= 4 is 23.2 Å². The minimum Gasteiger partial charge on any atom is -0.399 e. The Bertz CT molecular complexity index is 810. The maximum atomic E-state index is 12.9. The van der Waals surface area contributed by atoms with Crippen molar-refractivity contribution < 1.29 is 9.59 Å². The van der Waals surface area contributed by atoms with Gasteiger partial charge in [-0.25, -0.2) is 4.90 Å². The topological polar surface area (TPSA) is 63.4 Å². The maximum absolute atomic E-state index is 12.9. The average Bonchev–Trinajstić information content (AvgIpc) is 2.63. The van der Waals surface area contributed by atoms with Gasteiger partial charge in [-0.05, 0) is 42.5 Å². The standard InChI is InChI=1S/C20H16N2O2/c21-17-12-7-13-18(14-17)22(19(23)15-8-3-1-4-9-15)20(24)16-10-5-2-6-11-16/h1-14H,21H2. The van der Waals surface area contributed by atoms with Crippen LogP contribution in [0.2, 0.25) is 0 Å². The van der Waals surface area contributed by atoms with Crippen LogP contribution in [0.15, 0.2) is 84.9 Å². The Hall–Kier alpha value is -3.40. The van der Waals surface area contributed by atoms with E-state index in [0.717, 1.165) is 4.90 Å². The number of anilines is 2. The molecule has 24 heavy (non-hydrogen) atoms. The minimum atomic E-state index is -0.393. The first-order valence-electron chi connectivity index (χ1n) is 7.51. The first-order chi connectivity index (χ1) is 11.7. The Labute approximate surface area is 140 Å². The number of nitrogens with two attached hydrogens (primary N) is 1. The van der Waals surface area contributed by atoms with E-state index in [0.29, 0.717) is 22.5 Å². The molecule has 0 aliphatic rings. The van der Waals surface area contributed by atoms with Crippen LogP contribution in [0.5, 0.6) is 0 Å². The highest BCUT2D eigenvalue weighted by Gasteiger charge is 2.25. The minimum absolute atomic E-state index is 0.393. The molecule has 0 fully saturated rings. The van der Waals surface area contributed by atoms with Crippen molar-refractivity contribution in [1.29, 1.82) is 0 Å². The quantitative estimate of drug-likeness (QED) is 0.591. The second-order valence-electron chi connectivity index (χ2n) is 5.27. The zero-order valence-electron chi connectivity index (χ0n) is 12.9. The molecule has 0 bridgehead atoms. The third-order valence-electron chi connectivity index (χ3n) is 3.58. The molecule has 0 spiro atoms. The number of benzene rings is 3. The van der Waals surface area contributed by atoms with Crippen LogP contribution < -0.4 is 10.6 Å². The van der Waals surface area contributed by atoms with E-state index in [1.54, 1.807) is 72.8 Å². The van der Waals surface area contributed by atoms with Crippen LogP contribution in [0.25, 0.3) is 0 Å². The average molecular weight is 316 g/mol. The number of nitrogen functional groups attached to an aromatic ring is 1. The number of imide groups is 1. The molecule has 3 rings (SSSR count). The molecule has 0 aliphatic heterocycles. The largest absolute Gasteiger partial charge is 0.399 e. The molecule has 2 N–H and O–H groups in total. The molecule has 0 heterocycles. The fraction of sp³-hybridized carbons (Fsp3) is 0. The van der Waals surface area contributed by atoms with Gasteiger partial charge in [0, 0.05) is 16.8 Å². The lowest BCUT2D eigenvalue weighted by molar-refractivity contribution is 0.0897. The molecule has 3 aromatic carbocycles. The van der Waals surface area contributed by atoms with Crippen LogP contribution in [0.3, 0.4) is 0 Å². The van der Waals surface area contributed by atoms with Gasteiger partial charge in [-0.1, -0.05) is 42.5 Å². The number of hydrogen-bond donors (Lipinski definition) is 1. The number of nitrogens with zero attached hydrogens (tertiary/aromatic N) is 1. The first kappa shape index (κ1) is 15.5. The SMILES string of the molecule is Nc1cccc(N(C(=O)c2ccccc2)C(=O)c2ccccc2)c1. The van der Waals surface area contributed by atoms with Crippen LogP contribution in [-0.2, 0) is 0 Å². The van der Waals surface area contributed by atoms with Crippen LogP contribution in [-0.4, -0.2) is 11.8 Å². The molecule has 118 valence electrons. The zero-order chi connectivity index (χ0) is 16.9. The maximum Gasteiger partial charge on any atom is 0.265 e.